The third-order valence-electron chi connectivity index (χ3n) is 5.26. The van der Waals surface area contributed by atoms with Crippen LogP contribution in [0.3, 0.4) is 0 Å². The summed E-state index contributed by atoms with van der Waals surface area (Å²) in [5, 5.41) is 4.20. The zero-order chi connectivity index (χ0) is 18.5. The number of rotatable bonds is 6. The lowest BCUT2D eigenvalue weighted by Crippen LogP contribution is -2.42. The summed E-state index contributed by atoms with van der Waals surface area (Å²) in [6.07, 6.45) is 2.89. The second-order valence-corrected chi connectivity index (χ2v) is 8.66. The Morgan fingerprint density at radius 2 is 1.96 bits per heavy atom. The molecule has 0 aliphatic carbocycles. The van der Waals surface area contributed by atoms with Gasteiger partial charge in [-0.05, 0) is 51.3 Å². The van der Waals surface area contributed by atoms with Crippen molar-refractivity contribution < 1.29 is 4.79 Å². The molecule has 1 fully saturated rings. The average molecular weight is 372 g/mol. The van der Waals surface area contributed by atoms with E-state index in [4.69, 9.17) is 0 Å². The number of carbonyl (C=O) groups is 1. The molecule has 0 radical (unpaired) electrons. The molecule has 0 spiro atoms. The van der Waals surface area contributed by atoms with Gasteiger partial charge in [-0.1, -0.05) is 37.3 Å². The van der Waals surface area contributed by atoms with E-state index in [0.29, 0.717) is 13.0 Å². The second-order valence-electron chi connectivity index (χ2n) is 7.37. The van der Waals surface area contributed by atoms with Gasteiger partial charge in [-0.3, -0.25) is 9.69 Å². The molecule has 26 heavy (non-hydrogen) atoms. The number of likely N-dealkylation sites (tertiary alicyclic amines) is 1. The fraction of sp³-hybridized carbons (Fsp3) is 0.524. The van der Waals surface area contributed by atoms with Crippen molar-refractivity contribution in [3.05, 3.63) is 51.5 Å². The van der Waals surface area contributed by atoms with Gasteiger partial charge in [0.25, 0.3) is 0 Å². The lowest BCUT2D eigenvalue weighted by atomic mass is 9.95. The Kier molecular flexibility index (Phi) is 6.43. The van der Waals surface area contributed by atoms with Crippen LogP contribution in [0.25, 0.3) is 0 Å². The molecule has 2 aromatic rings. The predicted octanol–water partition coefficient (Wildman–Crippen LogP) is 3.89. The van der Waals surface area contributed by atoms with Crippen molar-refractivity contribution in [3.63, 3.8) is 0 Å². The van der Waals surface area contributed by atoms with Gasteiger partial charge in [0.05, 0.1) is 23.2 Å². The van der Waals surface area contributed by atoms with Crippen molar-refractivity contribution in [3.8, 4) is 0 Å². The summed E-state index contributed by atoms with van der Waals surface area (Å²) in [7, 11) is 0. The van der Waals surface area contributed by atoms with Gasteiger partial charge in [0.15, 0.2) is 0 Å². The molecule has 2 heterocycles. The van der Waals surface area contributed by atoms with Gasteiger partial charge in [0, 0.05) is 11.4 Å². The van der Waals surface area contributed by atoms with Crippen LogP contribution >= 0.6 is 11.3 Å². The minimum absolute atomic E-state index is 0.0862. The Bertz CT molecular complexity index is 720. The normalized spacial score (nSPS) is 17.2. The van der Waals surface area contributed by atoms with Crippen LogP contribution in [-0.2, 0) is 11.2 Å². The van der Waals surface area contributed by atoms with E-state index >= 15 is 0 Å². The second kappa shape index (κ2) is 8.78. The zero-order valence-corrected chi connectivity index (χ0v) is 16.8. The topological polar surface area (TPSA) is 45.2 Å². The summed E-state index contributed by atoms with van der Waals surface area (Å²) in [5.74, 6) is 0.887. The predicted molar refractivity (Wildman–Crippen MR) is 107 cm³/mol. The standard InChI is InChI=1S/C21H29N3OS/c1-15-9-11-24(12-10-15)19(18-7-5-4-6-8-18)14-22-21(25)13-20-16(2)23-17(3)26-20/h4-8,15,19H,9-14H2,1-3H3,(H,22,25). The van der Waals surface area contributed by atoms with Crippen molar-refractivity contribution >= 4 is 17.2 Å². The molecule has 1 N–H and O–H groups in total. The number of nitrogens with one attached hydrogen (secondary N) is 1. The summed E-state index contributed by atoms with van der Waals surface area (Å²) in [6.45, 7) is 9.16. The molecule has 5 heteroatoms. The van der Waals surface area contributed by atoms with Crippen molar-refractivity contribution in [2.75, 3.05) is 19.6 Å². The third kappa shape index (κ3) is 4.92. The number of benzene rings is 1. The van der Waals surface area contributed by atoms with E-state index in [0.717, 1.165) is 34.6 Å². The Morgan fingerprint density at radius 3 is 2.58 bits per heavy atom. The number of piperidine rings is 1. The number of hydrogen-bond donors (Lipinski definition) is 1. The van der Waals surface area contributed by atoms with Gasteiger partial charge in [-0.25, -0.2) is 4.98 Å². The first-order valence-corrected chi connectivity index (χ1v) is 10.3. The molecule has 1 aliphatic heterocycles. The molecule has 0 saturated carbocycles. The van der Waals surface area contributed by atoms with Crippen LogP contribution in [0.4, 0.5) is 0 Å². The minimum atomic E-state index is 0.0862. The molecule has 1 saturated heterocycles. The highest BCUT2D eigenvalue weighted by Crippen LogP contribution is 2.26. The first-order valence-electron chi connectivity index (χ1n) is 9.51. The lowest BCUT2D eigenvalue weighted by Gasteiger charge is -2.37. The SMILES string of the molecule is Cc1nc(C)c(CC(=O)NCC(c2ccccc2)N2CCC(C)CC2)s1. The molecule has 1 aromatic carbocycles. The fourth-order valence-electron chi connectivity index (χ4n) is 3.63. The molecular formula is C21H29N3OS. The molecule has 1 unspecified atom stereocenters. The van der Waals surface area contributed by atoms with E-state index < -0.39 is 0 Å². The molecule has 1 aliphatic rings. The van der Waals surface area contributed by atoms with Crippen LogP contribution in [0.1, 0.15) is 46.9 Å². The smallest absolute Gasteiger partial charge is 0.225 e. The molecule has 1 aromatic heterocycles. The summed E-state index contributed by atoms with van der Waals surface area (Å²) >= 11 is 1.62. The Hall–Kier alpha value is -1.72. The molecule has 140 valence electrons. The molecule has 1 amide bonds. The van der Waals surface area contributed by atoms with Crippen LogP contribution in [0.15, 0.2) is 30.3 Å². The minimum Gasteiger partial charge on any atom is -0.354 e. The van der Waals surface area contributed by atoms with Gasteiger partial charge >= 0.3 is 0 Å². The molecule has 0 bridgehead atoms. The molecule has 1 atom stereocenters. The molecular weight excluding hydrogens is 342 g/mol. The first kappa shape index (κ1) is 19.1. The van der Waals surface area contributed by atoms with Crippen molar-refractivity contribution in [2.45, 2.75) is 46.1 Å². The number of thiazole rings is 1. The van der Waals surface area contributed by atoms with E-state index in [-0.39, 0.29) is 11.9 Å². The van der Waals surface area contributed by atoms with Gasteiger partial charge in [0.1, 0.15) is 0 Å². The third-order valence-corrected chi connectivity index (χ3v) is 6.33. The van der Waals surface area contributed by atoms with E-state index in [9.17, 15) is 4.79 Å². The Balaban J connectivity index is 1.64. The summed E-state index contributed by atoms with van der Waals surface area (Å²) in [6, 6.07) is 10.8. The number of amides is 1. The van der Waals surface area contributed by atoms with Gasteiger partial charge in [-0.2, -0.15) is 0 Å². The van der Waals surface area contributed by atoms with Crippen LogP contribution in [0.2, 0.25) is 0 Å². The highest BCUT2D eigenvalue weighted by Gasteiger charge is 2.25. The largest absolute Gasteiger partial charge is 0.354 e. The number of aryl methyl sites for hydroxylation is 2. The zero-order valence-electron chi connectivity index (χ0n) is 16.0. The number of aromatic nitrogens is 1. The highest BCUT2D eigenvalue weighted by atomic mass is 32.1. The van der Waals surface area contributed by atoms with Gasteiger partial charge in [0.2, 0.25) is 5.91 Å². The summed E-state index contributed by atoms with van der Waals surface area (Å²) in [5.41, 5.74) is 2.26. The Labute approximate surface area is 160 Å². The lowest BCUT2D eigenvalue weighted by molar-refractivity contribution is -0.120. The van der Waals surface area contributed by atoms with E-state index in [1.807, 2.05) is 19.9 Å². The van der Waals surface area contributed by atoms with Crippen molar-refractivity contribution in [2.24, 2.45) is 5.92 Å². The van der Waals surface area contributed by atoms with Crippen molar-refractivity contribution in [1.29, 1.82) is 0 Å². The summed E-state index contributed by atoms with van der Waals surface area (Å²) < 4.78 is 0. The maximum Gasteiger partial charge on any atom is 0.225 e. The maximum absolute atomic E-state index is 12.5. The van der Waals surface area contributed by atoms with E-state index in [1.165, 1.54) is 18.4 Å². The molecule has 3 rings (SSSR count). The molecule has 4 nitrogen and oxygen atoms in total. The number of carbonyl (C=O) groups excluding carboxylic acids is 1. The fourth-order valence-corrected chi connectivity index (χ4v) is 4.57. The van der Waals surface area contributed by atoms with Crippen molar-refractivity contribution in [1.82, 2.24) is 15.2 Å². The quantitative estimate of drug-likeness (QED) is 0.838. The van der Waals surface area contributed by atoms with Crippen LogP contribution < -0.4 is 5.32 Å². The number of hydrogen-bond acceptors (Lipinski definition) is 4. The highest BCUT2D eigenvalue weighted by molar-refractivity contribution is 7.11. The van der Waals surface area contributed by atoms with Crippen LogP contribution in [0.5, 0.6) is 0 Å². The summed E-state index contributed by atoms with van der Waals surface area (Å²) in [4.78, 5) is 20.5. The van der Waals surface area contributed by atoms with E-state index in [2.05, 4.69) is 46.4 Å². The van der Waals surface area contributed by atoms with Gasteiger partial charge < -0.3 is 5.32 Å². The van der Waals surface area contributed by atoms with Crippen LogP contribution in [-0.4, -0.2) is 35.4 Å². The van der Waals surface area contributed by atoms with Gasteiger partial charge in [-0.15, -0.1) is 11.3 Å². The van der Waals surface area contributed by atoms with Crippen LogP contribution in [0, 0.1) is 19.8 Å². The monoisotopic (exact) mass is 371 g/mol. The first-order chi connectivity index (χ1) is 12.5. The maximum atomic E-state index is 12.5. The number of nitrogens with zero attached hydrogens (tertiary/aromatic N) is 2. The van der Waals surface area contributed by atoms with E-state index in [1.54, 1.807) is 11.3 Å². The average Bonchev–Trinajstić information content (AvgIpc) is 2.94. The Morgan fingerprint density at radius 1 is 1.27 bits per heavy atom.